The number of alkyl halides is 1. The van der Waals surface area contributed by atoms with Gasteiger partial charge in [-0.1, -0.05) is 6.07 Å². The maximum Gasteiger partial charge on any atom is 0.321 e. The number of carbonyl (C=O) groups excluding carboxylic acids is 1. The highest BCUT2D eigenvalue weighted by molar-refractivity contribution is 6.18. The smallest absolute Gasteiger partial charge is 0.321 e. The fourth-order valence-corrected chi connectivity index (χ4v) is 2.36. The lowest BCUT2D eigenvalue weighted by Gasteiger charge is -2.29. The molecule has 2 amide bonds. The summed E-state index contributed by atoms with van der Waals surface area (Å²) >= 11 is 5.58. The number of rotatable bonds is 5. The molecule has 0 spiro atoms. The number of amides is 2. The molecule has 1 aromatic rings. The number of hydrogen-bond acceptors (Lipinski definition) is 3. The zero-order valence-corrected chi connectivity index (χ0v) is 12.3. The van der Waals surface area contributed by atoms with Gasteiger partial charge in [0.05, 0.1) is 17.7 Å². The normalized spacial score (nSPS) is 16.8. The van der Waals surface area contributed by atoms with E-state index in [1.165, 1.54) is 0 Å². The third kappa shape index (κ3) is 3.35. The van der Waals surface area contributed by atoms with Crippen LogP contribution in [0.1, 0.15) is 12.0 Å². The second kappa shape index (κ2) is 6.81. The summed E-state index contributed by atoms with van der Waals surface area (Å²) in [5.41, 5.74) is 2.80. The Morgan fingerprint density at radius 1 is 1.55 bits per heavy atom. The van der Waals surface area contributed by atoms with Crippen molar-refractivity contribution >= 4 is 29.0 Å². The van der Waals surface area contributed by atoms with Crippen LogP contribution in [0.3, 0.4) is 0 Å². The third-order valence-corrected chi connectivity index (χ3v) is 3.74. The number of halogens is 1. The fraction of sp³-hybridized carbons (Fsp3) is 0.500. The van der Waals surface area contributed by atoms with E-state index >= 15 is 0 Å². The molecule has 2 rings (SSSR count). The van der Waals surface area contributed by atoms with Crippen molar-refractivity contribution in [3.63, 3.8) is 0 Å². The summed E-state index contributed by atoms with van der Waals surface area (Å²) in [6, 6.07) is 5.71. The first-order valence-electron chi connectivity index (χ1n) is 6.76. The van der Waals surface area contributed by atoms with Gasteiger partial charge in [0, 0.05) is 25.3 Å². The van der Waals surface area contributed by atoms with Gasteiger partial charge in [-0.3, -0.25) is 4.90 Å². The Labute approximate surface area is 123 Å². The van der Waals surface area contributed by atoms with Gasteiger partial charge >= 0.3 is 6.03 Å². The molecule has 110 valence electrons. The van der Waals surface area contributed by atoms with Gasteiger partial charge in [0.25, 0.3) is 0 Å². The van der Waals surface area contributed by atoms with E-state index in [0.717, 1.165) is 36.4 Å². The largest absolute Gasteiger partial charge is 0.390 e. The highest BCUT2D eigenvalue weighted by atomic mass is 35.5. The molecule has 0 radical (unpaired) electrons. The van der Waals surface area contributed by atoms with Gasteiger partial charge in [-0.05, 0) is 31.0 Å². The Hall–Kier alpha value is -1.46. The zero-order valence-electron chi connectivity index (χ0n) is 11.5. The van der Waals surface area contributed by atoms with Crippen LogP contribution in [0.15, 0.2) is 18.2 Å². The summed E-state index contributed by atoms with van der Waals surface area (Å²) in [4.78, 5) is 13.7. The molecule has 0 bridgehead atoms. The Morgan fingerprint density at radius 3 is 3.05 bits per heavy atom. The van der Waals surface area contributed by atoms with E-state index in [-0.39, 0.29) is 11.9 Å². The summed E-state index contributed by atoms with van der Waals surface area (Å²) in [6.45, 7) is 3.81. The van der Waals surface area contributed by atoms with E-state index in [0.29, 0.717) is 6.54 Å². The number of anilines is 2. The lowest BCUT2D eigenvalue weighted by Crippen LogP contribution is -2.46. The van der Waals surface area contributed by atoms with E-state index in [1.807, 2.05) is 25.1 Å². The molecule has 20 heavy (non-hydrogen) atoms. The second-order valence-electron chi connectivity index (χ2n) is 4.88. The SMILES string of the molecule is Cc1c(NCC(O)CCl)cccc1N1CCCNC1=O. The molecule has 5 nitrogen and oxygen atoms in total. The van der Waals surface area contributed by atoms with Crippen LogP contribution in [-0.2, 0) is 0 Å². The average Bonchev–Trinajstić information content (AvgIpc) is 2.47. The van der Waals surface area contributed by atoms with E-state index in [2.05, 4.69) is 10.6 Å². The fourth-order valence-electron chi connectivity index (χ4n) is 2.25. The highest BCUT2D eigenvalue weighted by Crippen LogP contribution is 2.27. The number of nitrogens with one attached hydrogen (secondary N) is 2. The van der Waals surface area contributed by atoms with E-state index in [4.69, 9.17) is 11.6 Å². The number of hydrogen-bond donors (Lipinski definition) is 3. The molecule has 1 aromatic carbocycles. The minimum absolute atomic E-state index is 0.0581. The quantitative estimate of drug-likeness (QED) is 0.728. The molecular formula is C14H20ClN3O2. The maximum atomic E-state index is 11.9. The van der Waals surface area contributed by atoms with Crippen LogP contribution in [-0.4, -0.2) is 42.8 Å². The van der Waals surface area contributed by atoms with Crippen molar-refractivity contribution in [2.45, 2.75) is 19.4 Å². The number of aliphatic hydroxyl groups excluding tert-OH is 1. The first kappa shape index (κ1) is 14.9. The topological polar surface area (TPSA) is 64.6 Å². The van der Waals surface area contributed by atoms with Crippen LogP contribution in [0.5, 0.6) is 0 Å². The predicted molar refractivity (Wildman–Crippen MR) is 81.8 cm³/mol. The molecule has 1 heterocycles. The van der Waals surface area contributed by atoms with E-state index in [9.17, 15) is 9.90 Å². The number of carbonyl (C=O) groups is 1. The predicted octanol–water partition coefficient (Wildman–Crippen LogP) is 1.93. The zero-order chi connectivity index (χ0) is 14.5. The van der Waals surface area contributed by atoms with Crippen LogP contribution in [0.25, 0.3) is 0 Å². The van der Waals surface area contributed by atoms with Crippen LogP contribution in [0.4, 0.5) is 16.2 Å². The molecular weight excluding hydrogens is 278 g/mol. The van der Waals surface area contributed by atoms with Gasteiger partial charge in [-0.2, -0.15) is 0 Å². The number of urea groups is 1. The summed E-state index contributed by atoms with van der Waals surface area (Å²) in [5.74, 6) is 0.195. The monoisotopic (exact) mass is 297 g/mol. The summed E-state index contributed by atoms with van der Waals surface area (Å²) in [5, 5.41) is 15.5. The van der Waals surface area contributed by atoms with Crippen LogP contribution < -0.4 is 15.5 Å². The highest BCUT2D eigenvalue weighted by Gasteiger charge is 2.21. The van der Waals surface area contributed by atoms with Crippen molar-refractivity contribution in [2.24, 2.45) is 0 Å². The lowest BCUT2D eigenvalue weighted by atomic mass is 10.1. The van der Waals surface area contributed by atoms with Crippen molar-refractivity contribution < 1.29 is 9.90 Å². The Kier molecular flexibility index (Phi) is 5.09. The average molecular weight is 298 g/mol. The van der Waals surface area contributed by atoms with Gasteiger partial charge < -0.3 is 15.7 Å². The van der Waals surface area contributed by atoms with Crippen LogP contribution in [0, 0.1) is 6.92 Å². The van der Waals surface area contributed by atoms with Crippen molar-refractivity contribution in [3.8, 4) is 0 Å². The second-order valence-corrected chi connectivity index (χ2v) is 5.18. The minimum atomic E-state index is -0.585. The van der Waals surface area contributed by atoms with Gasteiger partial charge in [0.2, 0.25) is 0 Å². The molecule has 1 aliphatic heterocycles. The van der Waals surface area contributed by atoms with Crippen molar-refractivity contribution in [2.75, 3.05) is 35.7 Å². The first-order chi connectivity index (χ1) is 9.63. The van der Waals surface area contributed by atoms with Crippen molar-refractivity contribution in [3.05, 3.63) is 23.8 Å². The van der Waals surface area contributed by atoms with Crippen molar-refractivity contribution in [1.82, 2.24) is 5.32 Å². The van der Waals surface area contributed by atoms with Crippen LogP contribution >= 0.6 is 11.6 Å². The van der Waals surface area contributed by atoms with E-state index < -0.39 is 6.10 Å². The van der Waals surface area contributed by atoms with Crippen molar-refractivity contribution in [1.29, 1.82) is 0 Å². The molecule has 3 N–H and O–H groups in total. The van der Waals surface area contributed by atoms with Gasteiger partial charge in [0.1, 0.15) is 0 Å². The first-order valence-corrected chi connectivity index (χ1v) is 7.30. The third-order valence-electron chi connectivity index (χ3n) is 3.38. The molecule has 1 saturated heterocycles. The van der Waals surface area contributed by atoms with Gasteiger partial charge in [-0.15, -0.1) is 11.6 Å². The summed E-state index contributed by atoms with van der Waals surface area (Å²) in [6.07, 6.45) is 0.353. The van der Waals surface area contributed by atoms with Gasteiger partial charge in [0.15, 0.2) is 0 Å². The molecule has 0 saturated carbocycles. The maximum absolute atomic E-state index is 11.9. The molecule has 1 atom stereocenters. The number of nitrogens with zero attached hydrogens (tertiary/aromatic N) is 1. The lowest BCUT2D eigenvalue weighted by molar-refractivity contribution is 0.211. The molecule has 1 unspecified atom stereocenters. The minimum Gasteiger partial charge on any atom is -0.390 e. The van der Waals surface area contributed by atoms with Crippen LogP contribution in [0.2, 0.25) is 0 Å². The molecule has 0 aromatic heterocycles. The Bertz CT molecular complexity index is 481. The molecule has 6 heteroatoms. The Balaban J connectivity index is 2.16. The van der Waals surface area contributed by atoms with Gasteiger partial charge in [-0.25, -0.2) is 4.79 Å². The number of aliphatic hydroxyl groups is 1. The number of benzene rings is 1. The summed E-state index contributed by atoms with van der Waals surface area (Å²) in [7, 11) is 0. The summed E-state index contributed by atoms with van der Waals surface area (Å²) < 4.78 is 0. The molecule has 1 aliphatic rings. The van der Waals surface area contributed by atoms with E-state index in [1.54, 1.807) is 4.90 Å². The molecule has 0 aliphatic carbocycles. The Morgan fingerprint density at radius 2 is 2.35 bits per heavy atom. The molecule has 1 fully saturated rings. The standard InChI is InChI=1S/C14H20ClN3O2/c1-10-12(17-9-11(19)8-15)4-2-5-13(10)18-7-3-6-16-14(18)20/h2,4-5,11,17,19H,3,6-9H2,1H3,(H,16,20).